The van der Waals surface area contributed by atoms with Gasteiger partial charge in [0.25, 0.3) is 0 Å². The smallest absolute Gasteiger partial charge is 0.357 e. The number of rotatable bonds is 3. The molecule has 3 aliphatic rings. The van der Waals surface area contributed by atoms with Gasteiger partial charge in [0.05, 0.1) is 29.5 Å². The summed E-state index contributed by atoms with van der Waals surface area (Å²) in [6.07, 6.45) is 3.08. The van der Waals surface area contributed by atoms with E-state index < -0.39 is 23.8 Å². The van der Waals surface area contributed by atoms with Gasteiger partial charge in [-0.2, -0.15) is 0 Å². The van der Waals surface area contributed by atoms with Crippen molar-refractivity contribution >= 4 is 34.7 Å². The van der Waals surface area contributed by atoms with E-state index in [9.17, 15) is 9.59 Å². The van der Waals surface area contributed by atoms with Gasteiger partial charge >= 0.3 is 11.9 Å². The number of para-hydroxylation sites is 3. The number of benzene rings is 3. The van der Waals surface area contributed by atoms with Crippen LogP contribution in [0.25, 0.3) is 28.4 Å². The predicted octanol–water partition coefficient (Wildman–Crippen LogP) is 4.34. The summed E-state index contributed by atoms with van der Waals surface area (Å²) in [7, 11) is 2.83. The van der Waals surface area contributed by atoms with Gasteiger partial charge in [-0.3, -0.25) is 0 Å². The zero-order valence-electron chi connectivity index (χ0n) is 20.5. The van der Waals surface area contributed by atoms with Crippen LogP contribution in [0.2, 0.25) is 0 Å². The molecule has 0 radical (unpaired) electrons. The second-order valence-corrected chi connectivity index (χ2v) is 9.16. The third-order valence-electron chi connectivity index (χ3n) is 7.26. The molecule has 2 aliphatic heterocycles. The lowest BCUT2D eigenvalue weighted by Crippen LogP contribution is -2.40. The molecule has 2 unspecified atom stereocenters. The Labute approximate surface area is 217 Å². The Balaban J connectivity index is 1.59. The van der Waals surface area contributed by atoms with Crippen LogP contribution in [0.1, 0.15) is 16.8 Å². The minimum Gasteiger partial charge on any atom is -0.465 e. The number of methoxy groups -OCH3 is 2. The minimum absolute atomic E-state index is 0.0351. The molecule has 38 heavy (non-hydrogen) atoms. The molecule has 8 heteroatoms. The average molecular weight is 504 g/mol. The van der Waals surface area contributed by atoms with Crippen molar-refractivity contribution in [2.24, 2.45) is 0 Å². The molecule has 0 saturated carbocycles. The number of anilines is 1. The molecule has 7 rings (SSSR count). The molecule has 0 bridgehead atoms. The van der Waals surface area contributed by atoms with Crippen LogP contribution >= 0.6 is 0 Å². The predicted molar refractivity (Wildman–Crippen MR) is 140 cm³/mol. The second-order valence-electron chi connectivity index (χ2n) is 9.16. The van der Waals surface area contributed by atoms with Gasteiger partial charge in [0.15, 0.2) is 6.23 Å². The lowest BCUT2D eigenvalue weighted by atomic mass is 9.86. The summed E-state index contributed by atoms with van der Waals surface area (Å²) in [4.78, 5) is 39.2. The van der Waals surface area contributed by atoms with Crippen LogP contribution in [-0.4, -0.2) is 42.4 Å². The van der Waals surface area contributed by atoms with Gasteiger partial charge in [0.1, 0.15) is 17.0 Å². The normalized spacial score (nSPS) is 20.9. The standard InChI is InChI=1S/C30H21N3O5/c1-36-23-16-15-17-9-3-8-14-22(17)33(23)26-24(28(34)37-2)30(38-29(26)35)19-11-5-4-10-18(19)25-27(30)32-21-13-7-6-12-20(21)31-25/h3-16,23H,1-2H3. The number of carbonyl (C=O) groups excluding carboxylic acids is 2. The van der Waals surface area contributed by atoms with Crippen LogP contribution in [0.3, 0.4) is 0 Å². The van der Waals surface area contributed by atoms with Crippen molar-refractivity contribution < 1.29 is 23.8 Å². The maximum absolute atomic E-state index is 14.0. The highest BCUT2D eigenvalue weighted by atomic mass is 16.6. The van der Waals surface area contributed by atoms with Crippen molar-refractivity contribution in [2.45, 2.75) is 11.8 Å². The maximum atomic E-state index is 14.0. The molecule has 3 aromatic carbocycles. The molecule has 0 N–H and O–H groups in total. The van der Waals surface area contributed by atoms with Crippen molar-refractivity contribution in [3.05, 3.63) is 107 Å². The Morgan fingerprint density at radius 1 is 0.947 bits per heavy atom. The van der Waals surface area contributed by atoms with E-state index in [1.54, 1.807) is 12.0 Å². The highest BCUT2D eigenvalue weighted by molar-refractivity contribution is 6.11. The van der Waals surface area contributed by atoms with E-state index in [1.165, 1.54) is 7.11 Å². The number of fused-ring (bicyclic) bond motifs is 7. The van der Waals surface area contributed by atoms with Gasteiger partial charge in [0.2, 0.25) is 5.60 Å². The SMILES string of the molecule is COC(=O)C1=C(N2c3ccccc3C=CC2OC)C(=O)OC12c1ccccc1-c1nc3ccccc3nc12. The van der Waals surface area contributed by atoms with Gasteiger partial charge in [-0.25, -0.2) is 19.6 Å². The largest absolute Gasteiger partial charge is 0.465 e. The van der Waals surface area contributed by atoms with Gasteiger partial charge in [0, 0.05) is 18.2 Å². The molecule has 1 spiro atoms. The molecule has 2 atom stereocenters. The molecule has 4 aromatic rings. The summed E-state index contributed by atoms with van der Waals surface area (Å²) in [5, 5.41) is 0. The zero-order valence-corrected chi connectivity index (χ0v) is 20.5. The summed E-state index contributed by atoms with van der Waals surface area (Å²) in [5.41, 5.74) is 3.57. The number of hydrogen-bond acceptors (Lipinski definition) is 8. The maximum Gasteiger partial charge on any atom is 0.357 e. The van der Waals surface area contributed by atoms with E-state index in [0.29, 0.717) is 33.7 Å². The lowest BCUT2D eigenvalue weighted by molar-refractivity contribution is -0.146. The van der Waals surface area contributed by atoms with Crippen LogP contribution < -0.4 is 4.90 Å². The topological polar surface area (TPSA) is 90.8 Å². The van der Waals surface area contributed by atoms with E-state index in [2.05, 4.69) is 0 Å². The first-order valence-corrected chi connectivity index (χ1v) is 12.1. The Kier molecular flexibility index (Phi) is 4.77. The molecule has 0 fully saturated rings. The molecule has 0 saturated heterocycles. The third kappa shape index (κ3) is 2.83. The van der Waals surface area contributed by atoms with E-state index in [0.717, 1.165) is 11.1 Å². The highest BCUT2D eigenvalue weighted by Gasteiger charge is 2.62. The molecule has 1 aromatic heterocycles. The van der Waals surface area contributed by atoms with Crippen LogP contribution in [0.5, 0.6) is 0 Å². The van der Waals surface area contributed by atoms with Gasteiger partial charge in [-0.05, 0) is 29.8 Å². The molecule has 186 valence electrons. The molecular weight excluding hydrogens is 482 g/mol. The van der Waals surface area contributed by atoms with E-state index in [-0.39, 0.29) is 11.3 Å². The fourth-order valence-electron chi connectivity index (χ4n) is 5.67. The van der Waals surface area contributed by atoms with Gasteiger partial charge < -0.3 is 19.1 Å². The third-order valence-corrected chi connectivity index (χ3v) is 7.26. The fraction of sp³-hybridized carbons (Fsp3) is 0.133. The fourth-order valence-corrected chi connectivity index (χ4v) is 5.67. The molecule has 1 aliphatic carbocycles. The van der Waals surface area contributed by atoms with Crippen LogP contribution in [-0.2, 0) is 29.4 Å². The summed E-state index contributed by atoms with van der Waals surface area (Å²) in [6, 6.07) is 22.5. The Morgan fingerprint density at radius 3 is 2.45 bits per heavy atom. The molecule has 8 nitrogen and oxygen atoms in total. The monoisotopic (exact) mass is 503 g/mol. The Morgan fingerprint density at radius 2 is 1.66 bits per heavy atom. The summed E-state index contributed by atoms with van der Waals surface area (Å²) in [5.74, 6) is -1.39. The van der Waals surface area contributed by atoms with Crippen molar-refractivity contribution in [2.75, 3.05) is 19.1 Å². The zero-order chi connectivity index (χ0) is 26.0. The Hall–Kier alpha value is -4.82. The van der Waals surface area contributed by atoms with Crippen molar-refractivity contribution in [1.82, 2.24) is 9.97 Å². The van der Waals surface area contributed by atoms with Crippen molar-refractivity contribution in [3.63, 3.8) is 0 Å². The molecule has 3 heterocycles. The summed E-state index contributed by atoms with van der Waals surface area (Å²) < 4.78 is 17.3. The number of nitrogens with zero attached hydrogens (tertiary/aromatic N) is 3. The van der Waals surface area contributed by atoms with Crippen LogP contribution in [0.15, 0.2) is 90.1 Å². The lowest BCUT2D eigenvalue weighted by Gasteiger charge is -2.34. The van der Waals surface area contributed by atoms with Crippen LogP contribution in [0, 0.1) is 0 Å². The number of esters is 2. The first-order valence-electron chi connectivity index (χ1n) is 12.1. The summed E-state index contributed by atoms with van der Waals surface area (Å²) in [6.45, 7) is 0. The van der Waals surface area contributed by atoms with Gasteiger partial charge in [-0.15, -0.1) is 0 Å². The van der Waals surface area contributed by atoms with Crippen molar-refractivity contribution in [1.29, 1.82) is 0 Å². The number of ether oxygens (including phenoxy) is 3. The highest BCUT2D eigenvalue weighted by Crippen LogP contribution is 2.57. The number of hydrogen-bond donors (Lipinski definition) is 0. The van der Waals surface area contributed by atoms with Crippen LogP contribution in [0.4, 0.5) is 5.69 Å². The van der Waals surface area contributed by atoms with E-state index >= 15 is 0 Å². The Bertz CT molecular complexity index is 1740. The van der Waals surface area contributed by atoms with Gasteiger partial charge in [-0.1, -0.05) is 60.7 Å². The minimum atomic E-state index is -1.64. The second kappa shape index (κ2) is 8.09. The van der Waals surface area contributed by atoms with E-state index in [4.69, 9.17) is 24.2 Å². The first-order chi connectivity index (χ1) is 18.6. The van der Waals surface area contributed by atoms with Crippen molar-refractivity contribution in [3.8, 4) is 11.3 Å². The quantitative estimate of drug-likeness (QED) is 0.382. The molecule has 0 amide bonds. The number of aromatic nitrogens is 2. The van der Waals surface area contributed by atoms with E-state index in [1.807, 2.05) is 84.9 Å². The first kappa shape index (κ1) is 22.4. The average Bonchev–Trinajstić information content (AvgIpc) is 3.41. The summed E-state index contributed by atoms with van der Waals surface area (Å²) >= 11 is 0. The number of carbonyl (C=O) groups is 2. The molecular formula is C30H21N3O5.